The monoisotopic (exact) mass is 303 g/mol. The first-order chi connectivity index (χ1) is 9.26. The second kappa shape index (κ2) is 6.02. The Morgan fingerprint density at radius 3 is 2.25 bits per heavy atom. The molecule has 3 unspecified atom stereocenters. The van der Waals surface area contributed by atoms with Crippen LogP contribution in [-0.2, 0) is 20.0 Å². The fourth-order valence-corrected chi connectivity index (χ4v) is 3.61. The van der Waals surface area contributed by atoms with E-state index in [1.807, 2.05) is 25.7 Å². The van der Waals surface area contributed by atoms with Gasteiger partial charge >= 0.3 is 6.09 Å². The van der Waals surface area contributed by atoms with E-state index in [4.69, 9.17) is 8.92 Å². The van der Waals surface area contributed by atoms with E-state index in [2.05, 4.69) is 0 Å². The fraction of sp³-hybridized carbons (Fsp3) is 0.929. The van der Waals surface area contributed by atoms with Gasteiger partial charge in [0, 0.05) is 18.3 Å². The summed E-state index contributed by atoms with van der Waals surface area (Å²) >= 11 is -1.21. The Morgan fingerprint density at radius 1 is 1.25 bits per heavy atom. The molecule has 2 aliphatic rings. The maximum absolute atomic E-state index is 12.3. The van der Waals surface area contributed by atoms with Crippen molar-refractivity contribution in [3.8, 4) is 0 Å². The highest BCUT2D eigenvalue weighted by Gasteiger charge is 2.44. The van der Waals surface area contributed by atoms with Crippen molar-refractivity contribution in [1.29, 1.82) is 0 Å². The molecule has 0 radical (unpaired) electrons. The van der Waals surface area contributed by atoms with Crippen LogP contribution in [0.5, 0.6) is 0 Å². The number of amides is 1. The average Bonchev–Trinajstić information content (AvgIpc) is 2.56. The Labute approximate surface area is 123 Å². The summed E-state index contributed by atoms with van der Waals surface area (Å²) in [5.74, 6) is 0.398. The van der Waals surface area contributed by atoms with E-state index in [0.29, 0.717) is 12.5 Å². The van der Waals surface area contributed by atoms with Crippen molar-refractivity contribution in [3.63, 3.8) is 0 Å². The molecule has 3 atom stereocenters. The van der Waals surface area contributed by atoms with Crippen LogP contribution in [0.25, 0.3) is 0 Å². The second-order valence-corrected chi connectivity index (χ2v) is 7.83. The van der Waals surface area contributed by atoms with Gasteiger partial charge < -0.3 is 9.64 Å². The first-order valence-electron chi connectivity index (χ1n) is 7.24. The normalized spacial score (nSPS) is 31.2. The number of carbonyl (C=O) groups is 1. The standard InChI is InChI=1S/C14H25NO4S/c1-14(2,3)19-13(16)15-11-5-6-12(15)8-10(7-11)9-18-20(4)17/h10-12H,5-9H2,1-4H3. The Bertz CT molecular complexity index is 379. The molecule has 116 valence electrons. The maximum Gasteiger partial charge on any atom is 0.410 e. The van der Waals surface area contributed by atoms with Crippen molar-refractivity contribution < 1.29 is 17.9 Å². The Hall–Kier alpha value is -0.620. The number of nitrogens with zero attached hydrogens (tertiary/aromatic N) is 1. The smallest absolute Gasteiger partial charge is 0.410 e. The number of piperidine rings is 1. The van der Waals surface area contributed by atoms with Crippen LogP contribution < -0.4 is 0 Å². The summed E-state index contributed by atoms with van der Waals surface area (Å²) in [6.45, 7) is 6.20. The van der Waals surface area contributed by atoms with E-state index >= 15 is 0 Å². The number of fused-ring (bicyclic) bond motifs is 2. The van der Waals surface area contributed by atoms with Crippen LogP contribution in [0, 0.1) is 5.92 Å². The lowest BCUT2D eigenvalue weighted by molar-refractivity contribution is -0.000615. The van der Waals surface area contributed by atoms with Gasteiger partial charge in [-0.15, -0.1) is 0 Å². The van der Waals surface area contributed by atoms with Crippen LogP contribution in [0.2, 0.25) is 0 Å². The molecule has 0 saturated carbocycles. The summed E-state index contributed by atoms with van der Waals surface area (Å²) in [6.07, 6.45) is 5.28. The fourth-order valence-electron chi connectivity index (χ4n) is 3.23. The zero-order valence-corrected chi connectivity index (χ0v) is 13.6. The minimum absolute atomic E-state index is 0.191. The summed E-state index contributed by atoms with van der Waals surface area (Å²) in [7, 11) is 0. The van der Waals surface area contributed by atoms with Crippen molar-refractivity contribution in [3.05, 3.63) is 0 Å². The van der Waals surface area contributed by atoms with Crippen LogP contribution in [0.15, 0.2) is 0 Å². The molecule has 2 heterocycles. The molecule has 0 aliphatic carbocycles. The number of carbonyl (C=O) groups excluding carboxylic acids is 1. The summed E-state index contributed by atoms with van der Waals surface area (Å²) in [5, 5.41) is 0. The van der Waals surface area contributed by atoms with Gasteiger partial charge in [0.1, 0.15) is 5.60 Å². The van der Waals surface area contributed by atoms with Gasteiger partial charge in [0.2, 0.25) is 0 Å². The second-order valence-electron chi connectivity index (χ2n) is 6.80. The summed E-state index contributed by atoms with van der Waals surface area (Å²) in [6, 6.07) is 0.505. The third-order valence-electron chi connectivity index (χ3n) is 3.90. The molecule has 20 heavy (non-hydrogen) atoms. The van der Waals surface area contributed by atoms with E-state index < -0.39 is 16.7 Å². The van der Waals surface area contributed by atoms with E-state index in [9.17, 15) is 9.00 Å². The van der Waals surface area contributed by atoms with Gasteiger partial charge in [-0.25, -0.2) is 9.00 Å². The molecule has 2 fully saturated rings. The maximum atomic E-state index is 12.3. The highest BCUT2D eigenvalue weighted by Crippen LogP contribution is 2.39. The molecule has 6 heteroatoms. The molecule has 0 N–H and O–H groups in total. The topological polar surface area (TPSA) is 55.8 Å². The molecule has 2 rings (SSSR count). The van der Waals surface area contributed by atoms with Crippen molar-refractivity contribution >= 4 is 17.2 Å². The quantitative estimate of drug-likeness (QED) is 0.803. The lowest BCUT2D eigenvalue weighted by Crippen LogP contribution is -2.49. The van der Waals surface area contributed by atoms with Gasteiger partial charge in [0.05, 0.1) is 6.61 Å². The lowest BCUT2D eigenvalue weighted by atomic mass is 9.92. The van der Waals surface area contributed by atoms with Crippen LogP contribution in [0.4, 0.5) is 4.79 Å². The highest BCUT2D eigenvalue weighted by atomic mass is 32.2. The molecule has 0 spiro atoms. The van der Waals surface area contributed by atoms with E-state index in [1.54, 1.807) is 6.26 Å². The molecule has 5 nitrogen and oxygen atoms in total. The molecular weight excluding hydrogens is 278 g/mol. The van der Waals surface area contributed by atoms with Gasteiger partial charge in [0.25, 0.3) is 0 Å². The van der Waals surface area contributed by atoms with Crippen molar-refractivity contribution in [2.75, 3.05) is 12.9 Å². The predicted molar refractivity (Wildman–Crippen MR) is 77.6 cm³/mol. The number of hydrogen-bond donors (Lipinski definition) is 0. The molecule has 1 amide bonds. The van der Waals surface area contributed by atoms with Gasteiger partial charge in [-0.3, -0.25) is 4.18 Å². The molecule has 2 aliphatic heterocycles. The lowest BCUT2D eigenvalue weighted by Gasteiger charge is -2.39. The molecular formula is C14H25NO4S. The molecule has 2 saturated heterocycles. The minimum Gasteiger partial charge on any atom is -0.444 e. The van der Waals surface area contributed by atoms with E-state index in [0.717, 1.165) is 25.7 Å². The van der Waals surface area contributed by atoms with Crippen LogP contribution in [0.3, 0.4) is 0 Å². The van der Waals surface area contributed by atoms with Gasteiger partial charge in [0.15, 0.2) is 11.1 Å². The number of ether oxygens (including phenoxy) is 1. The molecule has 0 aromatic carbocycles. The van der Waals surface area contributed by atoms with Crippen LogP contribution >= 0.6 is 0 Å². The Balaban J connectivity index is 1.93. The van der Waals surface area contributed by atoms with Crippen molar-refractivity contribution in [2.45, 2.75) is 64.1 Å². The average molecular weight is 303 g/mol. The Kier molecular flexibility index (Phi) is 4.74. The first-order valence-corrected chi connectivity index (χ1v) is 8.72. The molecule has 2 bridgehead atoms. The Morgan fingerprint density at radius 2 is 1.80 bits per heavy atom. The minimum atomic E-state index is -1.21. The van der Waals surface area contributed by atoms with Crippen molar-refractivity contribution in [2.24, 2.45) is 5.92 Å². The van der Waals surface area contributed by atoms with Gasteiger partial charge in [-0.1, -0.05) is 0 Å². The van der Waals surface area contributed by atoms with Crippen molar-refractivity contribution in [1.82, 2.24) is 4.90 Å². The largest absolute Gasteiger partial charge is 0.444 e. The summed E-state index contributed by atoms with van der Waals surface area (Å²) < 4.78 is 21.7. The number of hydrogen-bond acceptors (Lipinski definition) is 4. The van der Waals surface area contributed by atoms with Gasteiger partial charge in [-0.05, 0) is 52.4 Å². The van der Waals surface area contributed by atoms with Gasteiger partial charge in [-0.2, -0.15) is 0 Å². The third-order valence-corrected chi connectivity index (χ3v) is 4.37. The SMILES string of the molecule is CS(=O)OCC1CC2CCC(C1)N2C(=O)OC(C)(C)C. The third kappa shape index (κ3) is 3.95. The predicted octanol–water partition coefficient (Wildman–Crippen LogP) is 2.47. The first kappa shape index (κ1) is 15.8. The van der Waals surface area contributed by atoms with Crippen LogP contribution in [0.1, 0.15) is 46.5 Å². The summed E-state index contributed by atoms with van der Waals surface area (Å²) in [4.78, 5) is 14.2. The molecule has 0 aromatic heterocycles. The van der Waals surface area contributed by atoms with Crippen LogP contribution in [-0.4, -0.2) is 45.7 Å². The zero-order chi connectivity index (χ0) is 14.9. The summed E-state index contributed by atoms with van der Waals surface area (Å²) in [5.41, 5.74) is -0.449. The highest BCUT2D eigenvalue weighted by molar-refractivity contribution is 7.79. The molecule has 0 aromatic rings. The van der Waals surface area contributed by atoms with E-state index in [1.165, 1.54) is 0 Å². The van der Waals surface area contributed by atoms with E-state index in [-0.39, 0.29) is 18.2 Å². The zero-order valence-electron chi connectivity index (χ0n) is 12.8. The number of rotatable bonds is 3.